The number of rotatable bonds is 6. The minimum absolute atomic E-state index is 0.0163. The molecule has 3 nitrogen and oxygen atoms in total. The molecule has 106 valence electrons. The number of amides is 1. The summed E-state index contributed by atoms with van der Waals surface area (Å²) in [6.45, 7) is 5.59. The summed E-state index contributed by atoms with van der Waals surface area (Å²) in [6, 6.07) is 4.92. The van der Waals surface area contributed by atoms with Crippen LogP contribution in [0.1, 0.15) is 25.0 Å². The van der Waals surface area contributed by atoms with E-state index in [1.807, 2.05) is 6.92 Å². The van der Waals surface area contributed by atoms with Gasteiger partial charge in [-0.25, -0.2) is 4.39 Å². The lowest BCUT2D eigenvalue weighted by atomic mass is 10.1. The van der Waals surface area contributed by atoms with Crippen LogP contribution < -0.4 is 5.32 Å². The molecular weight excluding hydrogens is 265 g/mol. The highest BCUT2D eigenvalue weighted by molar-refractivity contribution is 8.00. The van der Waals surface area contributed by atoms with Crippen LogP contribution in [0.2, 0.25) is 0 Å². The molecule has 0 radical (unpaired) electrons. The fraction of sp³-hybridized carbons (Fsp3) is 0.500. The van der Waals surface area contributed by atoms with E-state index in [1.54, 1.807) is 26.0 Å². The van der Waals surface area contributed by atoms with Crippen molar-refractivity contribution >= 4 is 17.7 Å². The van der Waals surface area contributed by atoms with Gasteiger partial charge in [-0.3, -0.25) is 4.79 Å². The molecule has 1 rings (SSSR count). The van der Waals surface area contributed by atoms with Crippen LogP contribution in [0.25, 0.3) is 0 Å². The number of benzene rings is 1. The Bertz CT molecular complexity index is 437. The average Bonchev–Trinajstić information content (AvgIpc) is 2.37. The molecule has 2 atom stereocenters. The minimum atomic E-state index is -0.441. The fourth-order valence-electron chi connectivity index (χ4n) is 1.34. The SMILES string of the molecule is Cc1ccc(CNC(=O)CSC(C)C(C)O)cc1F. The van der Waals surface area contributed by atoms with Crippen LogP contribution in [-0.4, -0.2) is 28.1 Å². The molecule has 0 fully saturated rings. The van der Waals surface area contributed by atoms with Gasteiger partial charge in [-0.15, -0.1) is 11.8 Å². The van der Waals surface area contributed by atoms with Crippen molar-refractivity contribution in [1.29, 1.82) is 0 Å². The van der Waals surface area contributed by atoms with Crippen molar-refractivity contribution in [3.05, 3.63) is 35.1 Å². The maximum atomic E-state index is 13.3. The molecule has 1 aromatic carbocycles. The normalized spacial score (nSPS) is 13.9. The lowest BCUT2D eigenvalue weighted by molar-refractivity contribution is -0.118. The molecule has 1 amide bonds. The van der Waals surface area contributed by atoms with Crippen molar-refractivity contribution in [2.75, 3.05) is 5.75 Å². The number of hydrogen-bond donors (Lipinski definition) is 2. The Morgan fingerprint density at radius 1 is 1.47 bits per heavy atom. The summed E-state index contributed by atoms with van der Waals surface area (Å²) in [5.41, 5.74) is 1.33. The standard InChI is InChI=1S/C14H20FNO2S/c1-9-4-5-12(6-13(9)15)7-16-14(18)8-19-11(3)10(2)17/h4-6,10-11,17H,7-8H2,1-3H3,(H,16,18). The topological polar surface area (TPSA) is 49.3 Å². The van der Waals surface area contributed by atoms with Crippen molar-refractivity contribution < 1.29 is 14.3 Å². The number of aliphatic hydroxyl groups excluding tert-OH is 1. The number of aliphatic hydroxyl groups is 1. The highest BCUT2D eigenvalue weighted by atomic mass is 32.2. The largest absolute Gasteiger partial charge is 0.392 e. The lowest BCUT2D eigenvalue weighted by Gasteiger charge is -2.13. The number of halogens is 1. The van der Waals surface area contributed by atoms with E-state index in [0.717, 1.165) is 5.56 Å². The maximum absolute atomic E-state index is 13.3. The molecule has 1 aromatic rings. The first-order chi connectivity index (χ1) is 8.90. The van der Waals surface area contributed by atoms with Crippen molar-refractivity contribution in [3.8, 4) is 0 Å². The van der Waals surface area contributed by atoms with Crippen molar-refractivity contribution in [2.45, 2.75) is 38.7 Å². The van der Waals surface area contributed by atoms with E-state index in [9.17, 15) is 14.3 Å². The van der Waals surface area contributed by atoms with E-state index in [2.05, 4.69) is 5.32 Å². The van der Waals surface area contributed by atoms with Crippen LogP contribution in [0.3, 0.4) is 0 Å². The predicted octanol–water partition coefficient (Wildman–Crippen LogP) is 2.25. The Labute approximate surface area is 117 Å². The highest BCUT2D eigenvalue weighted by Crippen LogP contribution is 2.13. The minimum Gasteiger partial charge on any atom is -0.392 e. The zero-order valence-corrected chi connectivity index (χ0v) is 12.3. The third kappa shape index (κ3) is 5.61. The monoisotopic (exact) mass is 285 g/mol. The summed E-state index contributed by atoms with van der Waals surface area (Å²) >= 11 is 1.40. The molecule has 2 N–H and O–H groups in total. The van der Waals surface area contributed by atoms with E-state index >= 15 is 0 Å². The molecule has 0 saturated carbocycles. The van der Waals surface area contributed by atoms with Gasteiger partial charge in [0.2, 0.25) is 5.91 Å². The van der Waals surface area contributed by atoms with E-state index in [4.69, 9.17) is 0 Å². The second kappa shape index (κ2) is 7.50. The molecule has 2 unspecified atom stereocenters. The Morgan fingerprint density at radius 2 is 2.16 bits per heavy atom. The van der Waals surface area contributed by atoms with E-state index in [-0.39, 0.29) is 17.0 Å². The zero-order valence-electron chi connectivity index (χ0n) is 11.4. The quantitative estimate of drug-likeness (QED) is 0.843. The van der Waals surface area contributed by atoms with Gasteiger partial charge >= 0.3 is 0 Å². The second-order valence-electron chi connectivity index (χ2n) is 4.62. The lowest BCUT2D eigenvalue weighted by Crippen LogP contribution is -2.27. The predicted molar refractivity (Wildman–Crippen MR) is 76.6 cm³/mol. The zero-order chi connectivity index (χ0) is 14.4. The molecule has 5 heteroatoms. The molecule has 0 aliphatic carbocycles. The van der Waals surface area contributed by atoms with E-state index in [0.29, 0.717) is 17.9 Å². The smallest absolute Gasteiger partial charge is 0.230 e. The van der Waals surface area contributed by atoms with Crippen LogP contribution >= 0.6 is 11.8 Å². The van der Waals surface area contributed by atoms with Gasteiger partial charge < -0.3 is 10.4 Å². The molecule has 0 aliphatic rings. The summed E-state index contributed by atoms with van der Waals surface area (Å²) < 4.78 is 13.3. The molecule has 0 saturated heterocycles. The summed E-state index contributed by atoms with van der Waals surface area (Å²) in [5.74, 6) is -0.0808. The number of hydrogen-bond acceptors (Lipinski definition) is 3. The van der Waals surface area contributed by atoms with Crippen LogP contribution in [0.5, 0.6) is 0 Å². The van der Waals surface area contributed by atoms with E-state index in [1.165, 1.54) is 17.8 Å². The number of carbonyl (C=O) groups excluding carboxylic acids is 1. The third-order valence-corrected chi connectivity index (χ3v) is 4.23. The highest BCUT2D eigenvalue weighted by Gasteiger charge is 2.11. The van der Waals surface area contributed by atoms with Crippen LogP contribution in [0.4, 0.5) is 4.39 Å². The molecule has 0 heterocycles. The fourth-order valence-corrected chi connectivity index (χ4v) is 2.14. The Balaban J connectivity index is 2.35. The molecule has 19 heavy (non-hydrogen) atoms. The van der Waals surface area contributed by atoms with Gasteiger partial charge in [-0.05, 0) is 31.0 Å². The maximum Gasteiger partial charge on any atom is 0.230 e. The van der Waals surface area contributed by atoms with Crippen LogP contribution in [0.15, 0.2) is 18.2 Å². The number of aryl methyl sites for hydroxylation is 1. The average molecular weight is 285 g/mol. The Kier molecular flexibility index (Phi) is 6.31. The van der Waals surface area contributed by atoms with Crippen LogP contribution in [0, 0.1) is 12.7 Å². The molecule has 0 aliphatic heterocycles. The van der Waals surface area contributed by atoms with E-state index < -0.39 is 6.10 Å². The van der Waals surface area contributed by atoms with Crippen molar-refractivity contribution in [1.82, 2.24) is 5.32 Å². The Hall–Kier alpha value is -1.07. The van der Waals surface area contributed by atoms with Gasteiger partial charge in [0.05, 0.1) is 11.9 Å². The Morgan fingerprint density at radius 3 is 2.74 bits per heavy atom. The van der Waals surface area contributed by atoms with Gasteiger partial charge in [0.1, 0.15) is 5.82 Å². The molecule has 0 bridgehead atoms. The third-order valence-electron chi connectivity index (χ3n) is 2.88. The number of nitrogens with one attached hydrogen (secondary N) is 1. The summed E-state index contributed by atoms with van der Waals surface area (Å²) in [6.07, 6.45) is -0.441. The molecular formula is C14H20FNO2S. The summed E-state index contributed by atoms with van der Waals surface area (Å²) in [5, 5.41) is 12.1. The first-order valence-corrected chi connectivity index (χ1v) is 7.26. The first kappa shape index (κ1) is 16.0. The first-order valence-electron chi connectivity index (χ1n) is 6.21. The van der Waals surface area contributed by atoms with Gasteiger partial charge in [-0.1, -0.05) is 19.1 Å². The van der Waals surface area contributed by atoms with Crippen molar-refractivity contribution in [3.63, 3.8) is 0 Å². The van der Waals surface area contributed by atoms with Crippen LogP contribution in [-0.2, 0) is 11.3 Å². The van der Waals surface area contributed by atoms with Gasteiger partial charge in [0.25, 0.3) is 0 Å². The second-order valence-corrected chi connectivity index (χ2v) is 5.98. The van der Waals surface area contributed by atoms with Gasteiger partial charge in [0, 0.05) is 11.8 Å². The summed E-state index contributed by atoms with van der Waals surface area (Å²) in [4.78, 5) is 11.6. The number of carbonyl (C=O) groups is 1. The molecule has 0 spiro atoms. The van der Waals surface area contributed by atoms with Gasteiger partial charge in [-0.2, -0.15) is 0 Å². The number of thioether (sulfide) groups is 1. The van der Waals surface area contributed by atoms with Crippen molar-refractivity contribution in [2.24, 2.45) is 0 Å². The van der Waals surface area contributed by atoms with Gasteiger partial charge in [0.15, 0.2) is 0 Å². The summed E-state index contributed by atoms with van der Waals surface area (Å²) in [7, 11) is 0. The molecule has 0 aromatic heterocycles.